The summed E-state index contributed by atoms with van der Waals surface area (Å²) in [5.41, 5.74) is 1.35. The van der Waals surface area contributed by atoms with Gasteiger partial charge in [0.25, 0.3) is 0 Å². The van der Waals surface area contributed by atoms with Crippen molar-refractivity contribution < 1.29 is 9.84 Å². The lowest BCUT2D eigenvalue weighted by Gasteiger charge is -2.11. The highest BCUT2D eigenvalue weighted by Gasteiger charge is 2.42. The van der Waals surface area contributed by atoms with E-state index in [4.69, 9.17) is 4.74 Å². The maximum absolute atomic E-state index is 10.2. The van der Waals surface area contributed by atoms with Crippen molar-refractivity contribution in [1.29, 1.82) is 0 Å². The Bertz CT molecular complexity index is 524. The predicted molar refractivity (Wildman–Crippen MR) is 79.9 cm³/mol. The number of hydrogen-bond acceptors (Lipinski definition) is 2. The molecule has 104 valence electrons. The molecule has 0 aromatic heterocycles. The standard InChI is InChI=1S/C18H20O2/c19-18(11-12-20-15-9-5-2-6-10-15)17-13-16(17)14-7-3-1-4-8-14/h1-10,16-19H,11-13H2. The molecule has 20 heavy (non-hydrogen) atoms. The number of hydrogen-bond donors (Lipinski definition) is 1. The summed E-state index contributed by atoms with van der Waals surface area (Å²) >= 11 is 0. The molecule has 1 aliphatic rings. The molecule has 1 N–H and O–H groups in total. The normalized spacial score (nSPS) is 22.2. The van der Waals surface area contributed by atoms with E-state index in [9.17, 15) is 5.11 Å². The average molecular weight is 268 g/mol. The van der Waals surface area contributed by atoms with Crippen LogP contribution < -0.4 is 4.74 Å². The summed E-state index contributed by atoms with van der Waals surface area (Å²) < 4.78 is 5.64. The van der Waals surface area contributed by atoms with Gasteiger partial charge in [-0.3, -0.25) is 0 Å². The molecular formula is C18H20O2. The molecule has 2 heteroatoms. The number of rotatable bonds is 6. The minimum Gasteiger partial charge on any atom is -0.493 e. The Morgan fingerprint density at radius 3 is 2.35 bits per heavy atom. The number of para-hydroxylation sites is 1. The van der Waals surface area contributed by atoms with Crippen LogP contribution in [0.2, 0.25) is 0 Å². The van der Waals surface area contributed by atoms with Gasteiger partial charge in [-0.25, -0.2) is 0 Å². The predicted octanol–water partition coefficient (Wildman–Crippen LogP) is 3.62. The summed E-state index contributed by atoms with van der Waals surface area (Å²) in [6, 6.07) is 20.2. The SMILES string of the molecule is OC(CCOc1ccccc1)C1CC1c1ccccc1. The smallest absolute Gasteiger partial charge is 0.119 e. The monoisotopic (exact) mass is 268 g/mol. The van der Waals surface area contributed by atoms with Crippen LogP contribution >= 0.6 is 0 Å². The summed E-state index contributed by atoms with van der Waals surface area (Å²) in [4.78, 5) is 0. The average Bonchev–Trinajstić information content (AvgIpc) is 3.30. The van der Waals surface area contributed by atoms with Crippen molar-refractivity contribution >= 4 is 0 Å². The molecule has 0 spiro atoms. The Kier molecular flexibility index (Phi) is 4.03. The van der Waals surface area contributed by atoms with Crippen molar-refractivity contribution in [2.24, 2.45) is 5.92 Å². The maximum atomic E-state index is 10.2. The van der Waals surface area contributed by atoms with Crippen molar-refractivity contribution in [3.05, 3.63) is 66.2 Å². The highest BCUT2D eigenvalue weighted by molar-refractivity contribution is 5.26. The van der Waals surface area contributed by atoms with Crippen LogP contribution in [0.25, 0.3) is 0 Å². The van der Waals surface area contributed by atoms with Crippen LogP contribution in [0.1, 0.15) is 24.3 Å². The molecule has 2 aromatic rings. The van der Waals surface area contributed by atoms with Crippen LogP contribution in [0.15, 0.2) is 60.7 Å². The topological polar surface area (TPSA) is 29.5 Å². The van der Waals surface area contributed by atoms with Gasteiger partial charge in [0, 0.05) is 6.42 Å². The summed E-state index contributed by atoms with van der Waals surface area (Å²) in [5.74, 6) is 1.80. The molecule has 3 unspecified atom stereocenters. The summed E-state index contributed by atoms with van der Waals surface area (Å²) in [6.45, 7) is 0.573. The second-order valence-corrected chi connectivity index (χ2v) is 5.43. The second-order valence-electron chi connectivity index (χ2n) is 5.43. The zero-order chi connectivity index (χ0) is 13.8. The van der Waals surface area contributed by atoms with E-state index in [0.717, 1.165) is 12.2 Å². The zero-order valence-corrected chi connectivity index (χ0v) is 11.5. The Morgan fingerprint density at radius 1 is 1.00 bits per heavy atom. The quantitative estimate of drug-likeness (QED) is 0.867. The first-order valence-electron chi connectivity index (χ1n) is 7.25. The molecule has 2 nitrogen and oxygen atoms in total. The minimum absolute atomic E-state index is 0.260. The fraction of sp³-hybridized carbons (Fsp3) is 0.333. The Balaban J connectivity index is 1.44. The lowest BCUT2D eigenvalue weighted by atomic mass is 10.1. The Morgan fingerprint density at radius 2 is 1.65 bits per heavy atom. The zero-order valence-electron chi connectivity index (χ0n) is 11.5. The summed E-state index contributed by atoms with van der Waals surface area (Å²) in [6.07, 6.45) is 1.53. The van der Waals surface area contributed by atoms with E-state index in [1.165, 1.54) is 5.56 Å². The van der Waals surface area contributed by atoms with Gasteiger partial charge in [-0.2, -0.15) is 0 Å². The maximum Gasteiger partial charge on any atom is 0.119 e. The highest BCUT2D eigenvalue weighted by Crippen LogP contribution is 2.50. The number of aliphatic hydroxyl groups excluding tert-OH is 1. The van der Waals surface area contributed by atoms with Crippen molar-refractivity contribution in [2.75, 3.05) is 6.61 Å². The van der Waals surface area contributed by atoms with Crippen molar-refractivity contribution in [3.8, 4) is 5.75 Å². The van der Waals surface area contributed by atoms with Gasteiger partial charge in [0.1, 0.15) is 5.75 Å². The number of benzene rings is 2. The van der Waals surface area contributed by atoms with Gasteiger partial charge in [0.05, 0.1) is 12.7 Å². The first-order valence-corrected chi connectivity index (χ1v) is 7.25. The van der Waals surface area contributed by atoms with Gasteiger partial charge in [0.15, 0.2) is 0 Å². The minimum atomic E-state index is -0.260. The third-order valence-electron chi connectivity index (χ3n) is 3.99. The molecule has 1 saturated carbocycles. The van der Waals surface area contributed by atoms with Crippen LogP contribution in [-0.2, 0) is 0 Å². The second kappa shape index (κ2) is 6.10. The van der Waals surface area contributed by atoms with Crippen LogP contribution in [0.4, 0.5) is 0 Å². The Hall–Kier alpha value is -1.80. The van der Waals surface area contributed by atoms with Crippen molar-refractivity contribution in [2.45, 2.75) is 24.9 Å². The van der Waals surface area contributed by atoms with Gasteiger partial charge in [-0.1, -0.05) is 48.5 Å². The van der Waals surface area contributed by atoms with Crippen LogP contribution in [0.5, 0.6) is 5.75 Å². The Labute approximate surface area is 120 Å². The largest absolute Gasteiger partial charge is 0.493 e. The molecule has 3 rings (SSSR count). The number of ether oxygens (including phenoxy) is 1. The molecule has 2 aromatic carbocycles. The third-order valence-corrected chi connectivity index (χ3v) is 3.99. The molecule has 0 radical (unpaired) electrons. The lowest BCUT2D eigenvalue weighted by Crippen LogP contribution is -2.15. The van der Waals surface area contributed by atoms with Gasteiger partial charge in [-0.05, 0) is 36.0 Å². The molecule has 0 heterocycles. The first-order chi connectivity index (χ1) is 9.84. The molecule has 0 aliphatic heterocycles. The van der Waals surface area contributed by atoms with E-state index < -0.39 is 0 Å². The van der Waals surface area contributed by atoms with Gasteiger partial charge >= 0.3 is 0 Å². The van der Waals surface area contributed by atoms with Crippen LogP contribution in [0.3, 0.4) is 0 Å². The lowest BCUT2D eigenvalue weighted by molar-refractivity contribution is 0.117. The molecule has 3 atom stereocenters. The van der Waals surface area contributed by atoms with Crippen molar-refractivity contribution in [1.82, 2.24) is 0 Å². The molecule has 0 amide bonds. The third kappa shape index (κ3) is 3.20. The van der Waals surface area contributed by atoms with Gasteiger partial charge in [0.2, 0.25) is 0 Å². The number of aliphatic hydroxyl groups is 1. The van der Waals surface area contributed by atoms with Crippen molar-refractivity contribution in [3.63, 3.8) is 0 Å². The van der Waals surface area contributed by atoms with E-state index >= 15 is 0 Å². The molecule has 0 saturated heterocycles. The van der Waals surface area contributed by atoms with E-state index in [1.54, 1.807) is 0 Å². The summed E-state index contributed by atoms with van der Waals surface area (Å²) in [7, 11) is 0. The highest BCUT2D eigenvalue weighted by atomic mass is 16.5. The molecule has 1 aliphatic carbocycles. The van der Waals surface area contributed by atoms with Crippen LogP contribution in [-0.4, -0.2) is 17.8 Å². The molecule has 1 fully saturated rings. The van der Waals surface area contributed by atoms with E-state index in [0.29, 0.717) is 24.9 Å². The van der Waals surface area contributed by atoms with Gasteiger partial charge < -0.3 is 9.84 Å². The molecular weight excluding hydrogens is 248 g/mol. The van der Waals surface area contributed by atoms with Gasteiger partial charge in [-0.15, -0.1) is 0 Å². The fourth-order valence-electron chi connectivity index (χ4n) is 2.75. The van der Waals surface area contributed by atoms with Crippen LogP contribution in [0, 0.1) is 5.92 Å². The first kappa shape index (κ1) is 13.2. The molecule has 0 bridgehead atoms. The van der Waals surface area contributed by atoms with E-state index in [-0.39, 0.29) is 6.10 Å². The van der Waals surface area contributed by atoms with E-state index in [1.807, 2.05) is 36.4 Å². The van der Waals surface area contributed by atoms with E-state index in [2.05, 4.69) is 24.3 Å². The summed E-state index contributed by atoms with van der Waals surface area (Å²) in [5, 5.41) is 10.2. The fourth-order valence-corrected chi connectivity index (χ4v) is 2.75.